The molecule has 6 aliphatic carbocycles. The number of hydrogen-bond donors (Lipinski definition) is 3. The quantitative estimate of drug-likeness (QED) is 0.0641. The number of amides is 3. The molecule has 3 N–H and O–H groups in total. The number of aromatic nitrogens is 3. The second-order valence-corrected chi connectivity index (χ2v) is 30.8. The number of cyclic esters (lactones) is 3. The maximum absolute atomic E-state index is 13.6. The Bertz CT molecular complexity index is 3830. The molecule has 9 aliphatic rings. The van der Waals surface area contributed by atoms with Gasteiger partial charge in [-0.2, -0.15) is 0 Å². The first-order valence-corrected chi connectivity index (χ1v) is 38.9. The molecule has 3 amide bonds. The molecule has 0 spiro atoms. The van der Waals surface area contributed by atoms with Crippen LogP contribution in [0.4, 0.5) is 27.6 Å². The summed E-state index contributed by atoms with van der Waals surface area (Å²) >= 11 is 0. The molecule has 570 valence electrons. The van der Waals surface area contributed by atoms with Crippen LogP contribution in [0.15, 0.2) is 146 Å². The maximum atomic E-state index is 13.6. The van der Waals surface area contributed by atoms with Crippen LogP contribution in [0.1, 0.15) is 136 Å². The maximum Gasteiger partial charge on any atom is 0.407 e. The Hall–Kier alpha value is -9.66. The molecule has 21 heteroatoms. The van der Waals surface area contributed by atoms with Gasteiger partial charge in [0.15, 0.2) is 0 Å². The van der Waals surface area contributed by atoms with E-state index in [2.05, 4.69) is 49.1 Å². The number of halogens is 3. The largest absolute Gasteiger partial charge is 0.462 e. The van der Waals surface area contributed by atoms with Gasteiger partial charge < -0.3 is 44.4 Å². The summed E-state index contributed by atoms with van der Waals surface area (Å²) in [7, 11) is 0. The van der Waals surface area contributed by atoms with Crippen molar-refractivity contribution in [2.45, 2.75) is 155 Å². The Kier molecular flexibility index (Phi) is 24.6. The van der Waals surface area contributed by atoms with E-state index in [-0.39, 0.29) is 143 Å². The summed E-state index contributed by atoms with van der Waals surface area (Å²) < 4.78 is 73.0. The van der Waals surface area contributed by atoms with E-state index in [1.807, 2.05) is 93.6 Å². The Balaban J connectivity index is 0.000000143. The molecule has 108 heavy (non-hydrogen) atoms. The van der Waals surface area contributed by atoms with Gasteiger partial charge in [0.2, 0.25) is 0 Å². The molecule has 0 radical (unpaired) electrons. The Morgan fingerprint density at radius 1 is 0.407 bits per heavy atom. The molecule has 3 aliphatic heterocycles. The SMILES string of the molecule is CCOC(=O)N[C@H]1CC[C@@H]2[C@@H](C1)C[C@@H]1C(=O)O[C@H](C)[C@H]1[C@H]2/C=C/c1ccc(-c2cccc(F)c2)cn1.CCOC(=O)N[C@H]1CC[C@@H]2[C@H](C1)C[C@@H]1C(=O)O[C@@H](C)[C@@H]1[C@@H]2/C=C/c1ccc(-c2cccc(F)c2)cn1.CCOC(=O)N[C@H]1CC[C@H]2[C@H](C1)C[C@H]1C(=O)O[C@@H](C)[C@H]1[C@H]2/C=C/c1ccc(-c2cccc(F)c2)cn1. The number of nitrogens with one attached hydrogen (secondary N) is 3. The third-order valence-electron chi connectivity index (χ3n) is 24.5. The number of esters is 3. The van der Waals surface area contributed by atoms with Crippen molar-refractivity contribution in [1.82, 2.24) is 30.9 Å². The van der Waals surface area contributed by atoms with Crippen molar-refractivity contribution in [2.75, 3.05) is 19.8 Å². The van der Waals surface area contributed by atoms with Crippen LogP contribution in [0.3, 0.4) is 0 Å². The van der Waals surface area contributed by atoms with Crippen molar-refractivity contribution in [1.29, 1.82) is 0 Å². The summed E-state index contributed by atoms with van der Waals surface area (Å²) in [5, 5.41) is 9.00. The molecule has 3 aromatic carbocycles. The normalized spacial score (nSPS) is 31.4. The predicted octanol–water partition coefficient (Wildman–Crippen LogP) is 16.9. The highest BCUT2D eigenvalue weighted by Crippen LogP contribution is 2.57. The van der Waals surface area contributed by atoms with E-state index in [9.17, 15) is 41.9 Å². The van der Waals surface area contributed by atoms with E-state index in [1.165, 1.54) is 36.4 Å². The molecule has 15 rings (SSSR count). The smallest absolute Gasteiger partial charge is 0.407 e. The van der Waals surface area contributed by atoms with Crippen LogP contribution < -0.4 is 16.0 Å². The first-order valence-electron chi connectivity index (χ1n) is 38.9. The molecule has 3 saturated heterocycles. The summed E-state index contributed by atoms with van der Waals surface area (Å²) in [6.45, 7) is 12.5. The number of fused-ring (bicyclic) bond motifs is 6. The molecule has 3 aromatic heterocycles. The van der Waals surface area contributed by atoms with Crippen molar-refractivity contribution in [3.05, 3.63) is 181 Å². The Labute approximate surface area is 630 Å². The number of rotatable bonds is 15. The standard InChI is InChI=1S/3C29H33FN2O4/c3*1-3-35-29(34)32-23-10-11-24-20(14-23)15-26-27(17(2)36-28(26)33)25(24)12-9-22-8-7-19(16-31-22)18-5-4-6-21(30)13-18/h3*4-9,12-13,16-17,20,23-27H,3,10-11,14-15H2,1-2H3,(H,32,34)/b3*12-9+/t17-,20+,23+,24-,25+,26+,27+;17-,20+,23-,24+,25+,26-,27+;17-,20+,23-,24-,25-,26+,27-/m100/s1. The number of carbonyl (C=O) groups excluding carboxylic acids is 6. The van der Waals surface area contributed by atoms with Crippen molar-refractivity contribution in [3.63, 3.8) is 0 Å². The zero-order valence-electron chi connectivity index (χ0n) is 62.2. The molecule has 18 nitrogen and oxygen atoms in total. The van der Waals surface area contributed by atoms with Crippen molar-refractivity contribution in [2.24, 2.45) is 88.8 Å². The van der Waals surface area contributed by atoms with Gasteiger partial charge in [0.25, 0.3) is 0 Å². The highest BCUT2D eigenvalue weighted by molar-refractivity contribution is 5.78. The number of benzene rings is 3. The number of ether oxygens (including phenoxy) is 6. The van der Waals surface area contributed by atoms with E-state index >= 15 is 0 Å². The molecule has 9 fully saturated rings. The van der Waals surface area contributed by atoms with Crippen LogP contribution >= 0.6 is 0 Å². The fourth-order valence-corrected chi connectivity index (χ4v) is 19.9. The average molecular weight is 1480 g/mol. The van der Waals surface area contributed by atoms with Crippen LogP contribution in [-0.2, 0) is 42.8 Å². The molecule has 21 atom stereocenters. The van der Waals surface area contributed by atoms with Crippen LogP contribution in [0.5, 0.6) is 0 Å². The zero-order valence-corrected chi connectivity index (χ0v) is 62.2. The van der Waals surface area contributed by atoms with Gasteiger partial charge in [-0.25, -0.2) is 27.6 Å². The zero-order chi connectivity index (χ0) is 75.7. The van der Waals surface area contributed by atoms with Crippen LogP contribution in [0.2, 0.25) is 0 Å². The van der Waals surface area contributed by atoms with Crippen LogP contribution in [-0.4, -0.2) is 107 Å². The molecule has 6 saturated carbocycles. The number of alkyl carbamates (subject to hydrolysis) is 3. The highest BCUT2D eigenvalue weighted by Gasteiger charge is 2.58. The van der Waals surface area contributed by atoms with Crippen LogP contribution in [0, 0.1) is 106 Å². The van der Waals surface area contributed by atoms with E-state index in [0.29, 0.717) is 55.3 Å². The number of allylic oxidation sites excluding steroid dienone is 3. The molecule has 0 unspecified atom stereocenters. The van der Waals surface area contributed by atoms with E-state index < -0.39 is 0 Å². The molecular weight excluding hydrogens is 1380 g/mol. The summed E-state index contributed by atoms with van der Waals surface area (Å²) in [4.78, 5) is 87.7. The molecular formula is C87H99F3N6O12. The fraction of sp³-hybridized carbons (Fsp3) is 0.483. The van der Waals surface area contributed by atoms with Crippen molar-refractivity contribution in [3.8, 4) is 33.4 Å². The van der Waals surface area contributed by atoms with Gasteiger partial charge in [-0.05, 0) is 261 Å². The third kappa shape index (κ3) is 17.9. The molecule has 6 heterocycles. The van der Waals surface area contributed by atoms with Gasteiger partial charge in [0.1, 0.15) is 35.8 Å². The highest BCUT2D eigenvalue weighted by atomic mass is 19.1. The lowest BCUT2D eigenvalue weighted by atomic mass is 9.57. The lowest BCUT2D eigenvalue weighted by Crippen LogP contribution is -2.48. The first-order chi connectivity index (χ1) is 52.3. The summed E-state index contributed by atoms with van der Waals surface area (Å²) in [5.41, 5.74) is 7.43. The number of pyridine rings is 3. The van der Waals surface area contributed by atoms with Gasteiger partial charge in [-0.3, -0.25) is 29.3 Å². The van der Waals surface area contributed by atoms with Gasteiger partial charge in [0.05, 0.1) is 54.7 Å². The fourth-order valence-electron chi connectivity index (χ4n) is 19.9. The lowest BCUT2D eigenvalue weighted by molar-refractivity contribution is -0.145. The minimum atomic E-state index is -0.368. The second kappa shape index (κ2) is 34.7. The molecule has 6 aromatic rings. The van der Waals surface area contributed by atoms with Gasteiger partial charge in [-0.15, -0.1) is 0 Å². The van der Waals surface area contributed by atoms with Gasteiger partial charge in [0, 0.05) is 71.2 Å². The Morgan fingerprint density at radius 2 is 0.694 bits per heavy atom. The summed E-state index contributed by atoms with van der Waals surface area (Å²) in [6, 6.07) is 31.3. The average Bonchev–Trinajstić information content (AvgIpc) is 1.54. The lowest BCUT2D eigenvalue weighted by Gasteiger charge is -2.47. The number of nitrogens with zero attached hydrogens (tertiary/aromatic N) is 3. The van der Waals surface area contributed by atoms with Gasteiger partial charge >= 0.3 is 36.2 Å². The van der Waals surface area contributed by atoms with E-state index in [4.69, 9.17) is 28.4 Å². The van der Waals surface area contributed by atoms with Crippen molar-refractivity contribution < 1.29 is 70.4 Å². The minimum absolute atomic E-state index is 0.0679. The van der Waals surface area contributed by atoms with Crippen molar-refractivity contribution >= 4 is 54.4 Å². The van der Waals surface area contributed by atoms with E-state index in [0.717, 1.165) is 128 Å². The number of hydrogen-bond acceptors (Lipinski definition) is 15. The predicted molar refractivity (Wildman–Crippen MR) is 402 cm³/mol. The third-order valence-corrected chi connectivity index (χ3v) is 24.5. The summed E-state index contributed by atoms with van der Waals surface area (Å²) in [6.07, 6.45) is 27.2. The first kappa shape index (κ1) is 76.5. The minimum Gasteiger partial charge on any atom is -0.462 e. The number of carbonyl (C=O) groups is 6. The van der Waals surface area contributed by atoms with Gasteiger partial charge in [-0.1, -0.05) is 72.8 Å². The summed E-state index contributed by atoms with van der Waals surface area (Å²) in [5.74, 6) is 1.89. The monoisotopic (exact) mass is 1480 g/mol. The Morgan fingerprint density at radius 3 is 0.944 bits per heavy atom. The van der Waals surface area contributed by atoms with Crippen LogP contribution in [0.25, 0.3) is 51.6 Å². The topological polar surface area (TPSA) is 233 Å². The molecule has 0 bridgehead atoms. The van der Waals surface area contributed by atoms with E-state index in [1.54, 1.807) is 57.6 Å². The second-order valence-electron chi connectivity index (χ2n) is 30.8.